The van der Waals surface area contributed by atoms with Crippen LogP contribution in [0, 0.1) is 29.1 Å². The zero-order valence-corrected chi connectivity index (χ0v) is 15.5. The third kappa shape index (κ3) is 4.39. The molecule has 0 N–H and O–H groups in total. The normalized spacial score (nSPS) is 11.6. The van der Waals surface area contributed by atoms with Crippen molar-refractivity contribution in [2.24, 2.45) is 0 Å². The highest BCUT2D eigenvalue weighted by atomic mass is 19.3. The second-order valence-electron chi connectivity index (χ2n) is 6.44. The molecule has 3 rings (SSSR count). The van der Waals surface area contributed by atoms with E-state index in [2.05, 4.69) is 9.72 Å². The van der Waals surface area contributed by atoms with E-state index in [0.717, 1.165) is 18.4 Å². The van der Waals surface area contributed by atoms with Crippen LogP contribution in [0.4, 0.5) is 30.7 Å². The Kier molecular flexibility index (Phi) is 6.00. The van der Waals surface area contributed by atoms with Crippen molar-refractivity contribution in [3.8, 4) is 17.0 Å². The first-order valence-corrected chi connectivity index (χ1v) is 8.78. The monoisotopic (exact) mass is 429 g/mol. The van der Waals surface area contributed by atoms with Crippen LogP contribution in [-0.2, 0) is 12.5 Å². The lowest BCUT2D eigenvalue weighted by molar-refractivity contribution is -0.189. The lowest BCUT2D eigenvalue weighted by atomic mass is 10.0. The summed E-state index contributed by atoms with van der Waals surface area (Å²) >= 11 is 0. The van der Waals surface area contributed by atoms with Crippen LogP contribution in [0.3, 0.4) is 0 Å². The molecule has 0 radical (unpaired) electrons. The van der Waals surface area contributed by atoms with Crippen LogP contribution in [0.15, 0.2) is 42.6 Å². The largest absolute Gasteiger partial charge is 0.432 e. The molecule has 0 unspecified atom stereocenters. The van der Waals surface area contributed by atoms with E-state index in [1.54, 1.807) is 6.07 Å². The standard InChI is InChI=1S/C21H14F7NO/c1-2-3-11-4-5-18(29-10-11)12-6-14(22)19(15(23)7-12)21(27,28)30-13-8-16(24)20(26)17(25)9-13/h4-10H,2-3H2,1H3. The number of halogens is 7. The van der Waals surface area contributed by atoms with Crippen LogP contribution in [0.25, 0.3) is 11.3 Å². The Morgan fingerprint density at radius 2 is 1.47 bits per heavy atom. The molecule has 0 saturated carbocycles. The van der Waals surface area contributed by atoms with E-state index in [1.165, 1.54) is 12.3 Å². The fraction of sp³-hybridized carbons (Fsp3) is 0.190. The number of aryl methyl sites for hydroxylation is 1. The van der Waals surface area contributed by atoms with Gasteiger partial charge in [-0.25, -0.2) is 22.0 Å². The molecule has 0 bridgehead atoms. The molecule has 2 aromatic carbocycles. The van der Waals surface area contributed by atoms with Crippen LogP contribution >= 0.6 is 0 Å². The summed E-state index contributed by atoms with van der Waals surface area (Å²) in [6, 6.07) is 4.76. The summed E-state index contributed by atoms with van der Waals surface area (Å²) in [6.07, 6.45) is -1.50. The average Bonchev–Trinajstić information content (AvgIpc) is 2.65. The first-order chi connectivity index (χ1) is 14.1. The van der Waals surface area contributed by atoms with Crippen LogP contribution in [-0.4, -0.2) is 4.98 Å². The van der Waals surface area contributed by atoms with Crippen molar-refractivity contribution >= 4 is 0 Å². The van der Waals surface area contributed by atoms with E-state index >= 15 is 0 Å². The van der Waals surface area contributed by atoms with Crippen molar-refractivity contribution in [3.05, 3.63) is 82.8 Å². The number of alkyl halides is 2. The SMILES string of the molecule is CCCc1ccc(-c2cc(F)c(C(F)(F)Oc3cc(F)c(F)c(F)c3)c(F)c2)nc1. The highest BCUT2D eigenvalue weighted by molar-refractivity contribution is 5.60. The van der Waals surface area contributed by atoms with Crippen molar-refractivity contribution in [3.63, 3.8) is 0 Å². The summed E-state index contributed by atoms with van der Waals surface area (Å²) in [6.45, 7) is 1.97. The van der Waals surface area contributed by atoms with Gasteiger partial charge in [-0.2, -0.15) is 8.78 Å². The maximum atomic E-state index is 14.4. The topological polar surface area (TPSA) is 22.1 Å². The molecule has 9 heteroatoms. The molecule has 0 amide bonds. The van der Waals surface area contributed by atoms with Gasteiger partial charge in [-0.1, -0.05) is 19.4 Å². The van der Waals surface area contributed by atoms with Gasteiger partial charge < -0.3 is 4.74 Å². The molecule has 0 aliphatic heterocycles. The lowest BCUT2D eigenvalue weighted by Crippen LogP contribution is -2.25. The Hall–Kier alpha value is -3.10. The van der Waals surface area contributed by atoms with Crippen molar-refractivity contribution in [1.29, 1.82) is 0 Å². The molecule has 0 fully saturated rings. The molecule has 30 heavy (non-hydrogen) atoms. The Morgan fingerprint density at radius 3 is 1.97 bits per heavy atom. The molecule has 2 nitrogen and oxygen atoms in total. The second kappa shape index (κ2) is 8.33. The van der Waals surface area contributed by atoms with Crippen LogP contribution in [0.1, 0.15) is 24.5 Å². The summed E-state index contributed by atoms with van der Waals surface area (Å²) in [5.41, 5.74) is -0.797. The van der Waals surface area contributed by atoms with Gasteiger partial charge in [-0.3, -0.25) is 4.98 Å². The molecule has 0 aliphatic carbocycles. The molecule has 0 saturated heterocycles. The van der Waals surface area contributed by atoms with Gasteiger partial charge in [0.2, 0.25) is 0 Å². The van der Waals surface area contributed by atoms with Gasteiger partial charge in [0, 0.05) is 23.9 Å². The Balaban J connectivity index is 1.94. The van der Waals surface area contributed by atoms with Gasteiger partial charge in [-0.15, -0.1) is 0 Å². The Labute approximate surface area is 166 Å². The zero-order valence-electron chi connectivity index (χ0n) is 15.5. The summed E-state index contributed by atoms with van der Waals surface area (Å²) in [4.78, 5) is 4.07. The first kappa shape index (κ1) is 21.6. The lowest BCUT2D eigenvalue weighted by Gasteiger charge is -2.20. The van der Waals surface area contributed by atoms with Gasteiger partial charge in [0.05, 0.1) is 5.69 Å². The number of aromatic nitrogens is 1. The van der Waals surface area contributed by atoms with Crippen molar-refractivity contribution in [2.75, 3.05) is 0 Å². The minimum absolute atomic E-state index is 0.0912. The molecule has 0 aliphatic rings. The molecular formula is C21H14F7NO. The minimum atomic E-state index is -4.64. The fourth-order valence-electron chi connectivity index (χ4n) is 2.82. The number of hydrogen-bond donors (Lipinski definition) is 0. The third-order valence-corrected chi connectivity index (χ3v) is 4.20. The molecule has 158 valence electrons. The number of rotatable bonds is 6. The van der Waals surface area contributed by atoms with Gasteiger partial charge >= 0.3 is 6.11 Å². The van der Waals surface area contributed by atoms with Gasteiger partial charge in [0.15, 0.2) is 17.5 Å². The predicted octanol–water partition coefficient (Wildman–Crippen LogP) is 6.52. The van der Waals surface area contributed by atoms with Gasteiger partial charge in [0.25, 0.3) is 0 Å². The van der Waals surface area contributed by atoms with Crippen LogP contribution in [0.2, 0.25) is 0 Å². The van der Waals surface area contributed by atoms with Gasteiger partial charge in [-0.05, 0) is 30.2 Å². The van der Waals surface area contributed by atoms with Gasteiger partial charge in [0.1, 0.15) is 22.9 Å². The number of hydrogen-bond acceptors (Lipinski definition) is 2. The number of pyridine rings is 1. The van der Waals surface area contributed by atoms with Crippen molar-refractivity contribution in [2.45, 2.75) is 25.9 Å². The zero-order chi connectivity index (χ0) is 22.1. The van der Waals surface area contributed by atoms with E-state index in [0.29, 0.717) is 12.1 Å². The van der Waals surface area contributed by atoms with E-state index in [-0.39, 0.29) is 23.4 Å². The van der Waals surface area contributed by atoms with E-state index in [9.17, 15) is 30.7 Å². The maximum Gasteiger partial charge on any atom is 0.432 e. The molecule has 0 atom stereocenters. The summed E-state index contributed by atoms with van der Waals surface area (Å²) in [5, 5.41) is 0. The van der Waals surface area contributed by atoms with Crippen LogP contribution < -0.4 is 4.74 Å². The highest BCUT2D eigenvalue weighted by Crippen LogP contribution is 2.37. The number of nitrogens with zero attached hydrogens (tertiary/aromatic N) is 1. The molecule has 1 aromatic heterocycles. The first-order valence-electron chi connectivity index (χ1n) is 8.78. The smallest absolute Gasteiger partial charge is 0.429 e. The van der Waals surface area contributed by atoms with E-state index in [1.807, 2.05) is 6.92 Å². The molecule has 1 heterocycles. The quantitative estimate of drug-likeness (QED) is 0.329. The Morgan fingerprint density at radius 1 is 0.867 bits per heavy atom. The molecule has 0 spiro atoms. The molecule has 3 aromatic rings. The van der Waals surface area contributed by atoms with Crippen molar-refractivity contribution < 1.29 is 35.5 Å². The second-order valence-corrected chi connectivity index (χ2v) is 6.44. The minimum Gasteiger partial charge on any atom is -0.429 e. The van der Waals surface area contributed by atoms with E-state index < -0.39 is 46.5 Å². The third-order valence-electron chi connectivity index (χ3n) is 4.20. The van der Waals surface area contributed by atoms with Crippen LogP contribution in [0.5, 0.6) is 5.75 Å². The number of ether oxygens (including phenoxy) is 1. The predicted molar refractivity (Wildman–Crippen MR) is 94.4 cm³/mol. The Bertz CT molecular complexity index is 1020. The molecular weight excluding hydrogens is 415 g/mol. The summed E-state index contributed by atoms with van der Waals surface area (Å²) in [7, 11) is 0. The maximum absolute atomic E-state index is 14.4. The average molecular weight is 429 g/mol. The fourth-order valence-corrected chi connectivity index (χ4v) is 2.82. The van der Waals surface area contributed by atoms with E-state index in [4.69, 9.17) is 0 Å². The highest BCUT2D eigenvalue weighted by Gasteiger charge is 2.41. The summed E-state index contributed by atoms with van der Waals surface area (Å²) < 4.78 is 101. The summed E-state index contributed by atoms with van der Waals surface area (Å²) in [5.74, 6) is -9.95. The van der Waals surface area contributed by atoms with Crippen molar-refractivity contribution in [1.82, 2.24) is 4.98 Å². The number of benzene rings is 2.